The van der Waals surface area contributed by atoms with Gasteiger partial charge in [-0.25, -0.2) is 9.37 Å². The zero-order valence-electron chi connectivity index (χ0n) is 14.1. The Morgan fingerprint density at radius 3 is 2.57 bits per heavy atom. The quantitative estimate of drug-likeness (QED) is 0.467. The molecule has 0 atom stereocenters. The second-order valence-corrected chi connectivity index (χ2v) is 5.80. The molecule has 0 unspecified atom stereocenters. The highest BCUT2D eigenvalue weighted by molar-refractivity contribution is 5.94. The monoisotopic (exact) mass is 374 g/mol. The molecule has 8 nitrogen and oxygen atoms in total. The number of benzene rings is 2. The molecule has 9 heteroatoms. The maximum Gasteiger partial charge on any atom is 0.270 e. The highest BCUT2D eigenvalue weighted by Crippen LogP contribution is 2.35. The third-order valence-electron chi connectivity index (χ3n) is 4.04. The predicted octanol–water partition coefficient (Wildman–Crippen LogP) is 4.05. The average Bonchev–Trinajstić information content (AvgIpc) is 3.01. The number of aromatic amines is 2. The van der Waals surface area contributed by atoms with Gasteiger partial charge in [0.15, 0.2) is 5.69 Å². The molecule has 136 valence electrons. The number of para-hydroxylation sites is 1. The fourth-order valence-corrected chi connectivity index (χ4v) is 2.74. The Balaban J connectivity index is 1.81. The van der Waals surface area contributed by atoms with Crippen LogP contribution >= 0.6 is 0 Å². The van der Waals surface area contributed by atoms with Crippen LogP contribution in [0.25, 0.3) is 22.2 Å². The van der Waals surface area contributed by atoms with Crippen LogP contribution in [0.2, 0.25) is 0 Å². The van der Waals surface area contributed by atoms with E-state index in [9.17, 15) is 19.6 Å². The van der Waals surface area contributed by atoms with E-state index in [-0.39, 0.29) is 28.8 Å². The van der Waals surface area contributed by atoms with Gasteiger partial charge in [-0.2, -0.15) is 5.26 Å². The van der Waals surface area contributed by atoms with E-state index in [0.29, 0.717) is 16.5 Å². The van der Waals surface area contributed by atoms with E-state index in [1.54, 1.807) is 30.3 Å². The lowest BCUT2D eigenvalue weighted by atomic mass is 10.1. The van der Waals surface area contributed by atoms with Crippen molar-refractivity contribution in [3.05, 3.63) is 70.3 Å². The number of hydrogen-bond acceptors (Lipinski definition) is 6. The molecule has 28 heavy (non-hydrogen) atoms. The van der Waals surface area contributed by atoms with Crippen molar-refractivity contribution in [1.29, 1.82) is 5.26 Å². The van der Waals surface area contributed by atoms with E-state index in [4.69, 9.17) is 0 Å². The SMILES string of the molecule is N#Cc1c(-c2ccc(F)cc2)nc(N=Nc2c(O)[nH]c3ccccc23)[nH]c1=O. The van der Waals surface area contributed by atoms with Crippen LogP contribution in [0.3, 0.4) is 0 Å². The number of aromatic nitrogens is 3. The summed E-state index contributed by atoms with van der Waals surface area (Å²) in [5, 5.41) is 27.8. The van der Waals surface area contributed by atoms with Crippen molar-refractivity contribution in [3.8, 4) is 23.2 Å². The van der Waals surface area contributed by atoms with Crippen molar-refractivity contribution in [1.82, 2.24) is 15.0 Å². The lowest BCUT2D eigenvalue weighted by molar-refractivity contribution is 0.459. The van der Waals surface area contributed by atoms with E-state index in [0.717, 1.165) is 0 Å². The van der Waals surface area contributed by atoms with Crippen LogP contribution in [0.5, 0.6) is 5.88 Å². The van der Waals surface area contributed by atoms with Crippen LogP contribution in [0.4, 0.5) is 16.0 Å². The van der Waals surface area contributed by atoms with E-state index in [1.165, 1.54) is 24.3 Å². The number of nitrogens with zero attached hydrogens (tertiary/aromatic N) is 4. The van der Waals surface area contributed by atoms with Crippen LogP contribution in [0, 0.1) is 17.1 Å². The summed E-state index contributed by atoms with van der Waals surface area (Å²) in [6.07, 6.45) is 0. The first-order valence-corrected chi connectivity index (χ1v) is 8.08. The molecule has 4 rings (SSSR count). The van der Waals surface area contributed by atoms with Crippen molar-refractivity contribution >= 4 is 22.5 Å². The molecule has 0 spiro atoms. The number of rotatable bonds is 3. The molecule has 0 saturated heterocycles. The first-order chi connectivity index (χ1) is 13.6. The molecule has 2 heterocycles. The van der Waals surface area contributed by atoms with E-state index < -0.39 is 11.4 Å². The van der Waals surface area contributed by atoms with Gasteiger partial charge in [0.1, 0.15) is 17.4 Å². The van der Waals surface area contributed by atoms with Crippen LogP contribution < -0.4 is 5.56 Å². The number of hydrogen-bond donors (Lipinski definition) is 3. The normalized spacial score (nSPS) is 11.1. The Bertz CT molecular complexity index is 1320. The number of H-pyrrole nitrogens is 2. The molecule has 0 amide bonds. The number of fused-ring (bicyclic) bond motifs is 1. The zero-order valence-corrected chi connectivity index (χ0v) is 14.1. The van der Waals surface area contributed by atoms with Gasteiger partial charge in [0.2, 0.25) is 11.8 Å². The van der Waals surface area contributed by atoms with Gasteiger partial charge < -0.3 is 10.1 Å². The summed E-state index contributed by atoms with van der Waals surface area (Å²) in [7, 11) is 0. The minimum absolute atomic E-state index is 0.0587. The summed E-state index contributed by atoms with van der Waals surface area (Å²) < 4.78 is 13.2. The Morgan fingerprint density at radius 1 is 1.07 bits per heavy atom. The van der Waals surface area contributed by atoms with Crippen molar-refractivity contribution < 1.29 is 9.50 Å². The minimum atomic E-state index is -0.700. The van der Waals surface area contributed by atoms with Crippen LogP contribution in [0.1, 0.15) is 5.56 Å². The van der Waals surface area contributed by atoms with Gasteiger partial charge in [0.25, 0.3) is 5.56 Å². The van der Waals surface area contributed by atoms with E-state index in [1.807, 2.05) is 0 Å². The molecule has 2 aromatic carbocycles. The van der Waals surface area contributed by atoms with Crippen molar-refractivity contribution in [3.63, 3.8) is 0 Å². The summed E-state index contributed by atoms with van der Waals surface area (Å²) in [4.78, 5) is 21.5. The van der Waals surface area contributed by atoms with Gasteiger partial charge in [-0.05, 0) is 30.3 Å². The van der Waals surface area contributed by atoms with Gasteiger partial charge in [-0.3, -0.25) is 9.78 Å². The molecule has 0 fully saturated rings. The fraction of sp³-hybridized carbons (Fsp3) is 0. The third kappa shape index (κ3) is 2.99. The maximum absolute atomic E-state index is 13.2. The zero-order chi connectivity index (χ0) is 19.7. The molecular formula is C19H11FN6O2. The highest BCUT2D eigenvalue weighted by atomic mass is 19.1. The van der Waals surface area contributed by atoms with E-state index >= 15 is 0 Å². The van der Waals surface area contributed by atoms with Gasteiger partial charge in [0.05, 0.1) is 11.2 Å². The molecule has 4 aromatic rings. The Labute approximate surface area is 156 Å². The molecule has 0 saturated carbocycles. The number of aromatic hydroxyl groups is 1. The summed E-state index contributed by atoms with van der Waals surface area (Å²) in [5.74, 6) is -0.797. The summed E-state index contributed by atoms with van der Waals surface area (Å²) >= 11 is 0. The lowest BCUT2D eigenvalue weighted by Crippen LogP contribution is -2.13. The molecule has 0 aliphatic heterocycles. The van der Waals surface area contributed by atoms with Gasteiger partial charge >= 0.3 is 0 Å². The standard InChI is InChI=1S/C19H11FN6O2/c20-11-7-5-10(6-8-11)15-13(9-21)17(27)24-19(23-15)26-25-16-12-3-1-2-4-14(12)22-18(16)28/h1-8,22,28H,(H,23,24,27). The van der Waals surface area contributed by atoms with Crippen molar-refractivity contribution in [2.75, 3.05) is 0 Å². The number of azo groups is 1. The first-order valence-electron chi connectivity index (χ1n) is 8.08. The maximum atomic E-state index is 13.2. The second kappa shape index (κ2) is 6.77. The minimum Gasteiger partial charge on any atom is -0.493 e. The summed E-state index contributed by atoms with van der Waals surface area (Å²) in [6.45, 7) is 0. The molecule has 2 aromatic heterocycles. The molecular weight excluding hydrogens is 363 g/mol. The number of halogens is 1. The predicted molar refractivity (Wildman–Crippen MR) is 99.1 cm³/mol. The Morgan fingerprint density at radius 2 is 1.82 bits per heavy atom. The lowest BCUT2D eigenvalue weighted by Gasteiger charge is -2.03. The smallest absolute Gasteiger partial charge is 0.270 e. The highest BCUT2D eigenvalue weighted by Gasteiger charge is 2.14. The average molecular weight is 374 g/mol. The Hall–Kier alpha value is -4.32. The van der Waals surface area contributed by atoms with Crippen molar-refractivity contribution in [2.45, 2.75) is 0 Å². The first kappa shape index (κ1) is 17.1. The molecule has 0 radical (unpaired) electrons. The molecule has 0 aliphatic carbocycles. The summed E-state index contributed by atoms with van der Waals surface area (Å²) in [5.41, 5.74) is 0.376. The molecule has 3 N–H and O–H groups in total. The second-order valence-electron chi connectivity index (χ2n) is 5.80. The van der Waals surface area contributed by atoms with E-state index in [2.05, 4.69) is 25.2 Å². The number of nitriles is 1. The van der Waals surface area contributed by atoms with Gasteiger partial charge in [-0.15, -0.1) is 10.2 Å². The van der Waals surface area contributed by atoms with Crippen LogP contribution in [0.15, 0.2) is 63.6 Å². The van der Waals surface area contributed by atoms with Crippen LogP contribution in [-0.4, -0.2) is 20.1 Å². The fourth-order valence-electron chi connectivity index (χ4n) is 2.74. The topological polar surface area (TPSA) is 130 Å². The third-order valence-corrected chi connectivity index (χ3v) is 4.04. The largest absolute Gasteiger partial charge is 0.493 e. The van der Waals surface area contributed by atoms with Gasteiger partial charge in [0, 0.05) is 10.9 Å². The van der Waals surface area contributed by atoms with Gasteiger partial charge in [-0.1, -0.05) is 18.2 Å². The summed E-state index contributed by atoms with van der Waals surface area (Å²) in [6, 6.07) is 14.1. The molecule has 0 aliphatic rings. The number of nitrogens with one attached hydrogen (secondary N) is 2. The van der Waals surface area contributed by atoms with Crippen molar-refractivity contribution in [2.24, 2.45) is 10.2 Å². The molecule has 0 bridgehead atoms. The van der Waals surface area contributed by atoms with Crippen LogP contribution in [-0.2, 0) is 0 Å². The Kier molecular flexibility index (Phi) is 4.14.